The number of urea groups is 1. The highest BCUT2D eigenvalue weighted by molar-refractivity contribution is 7.16. The average molecular weight is 599 g/mol. The minimum atomic E-state index is -0.752. The highest BCUT2D eigenvalue weighted by atomic mass is 32.1. The smallest absolute Gasteiger partial charge is 0.332 e. The number of carbonyl (C=O) groups excluding carboxylic acids is 3. The first kappa shape index (κ1) is 28.6. The third-order valence-corrected chi connectivity index (χ3v) is 8.92. The maximum atomic E-state index is 14.1. The zero-order valence-corrected chi connectivity index (χ0v) is 24.7. The van der Waals surface area contributed by atoms with Gasteiger partial charge >= 0.3 is 6.03 Å². The molecule has 1 aromatic heterocycles. The summed E-state index contributed by atoms with van der Waals surface area (Å²) in [5.41, 5.74) is 5.49. The van der Waals surface area contributed by atoms with Gasteiger partial charge in [0.1, 0.15) is 18.0 Å². The number of thiazole rings is 1. The number of carbonyl (C=O) groups is 3. The molecule has 2 aliphatic heterocycles. The molecule has 222 valence electrons. The van der Waals surface area contributed by atoms with E-state index in [1.165, 1.54) is 11.3 Å². The fourth-order valence-corrected chi connectivity index (χ4v) is 6.74. The molecule has 2 aliphatic rings. The molecule has 2 N–H and O–H groups in total. The Bertz CT molecular complexity index is 1610. The summed E-state index contributed by atoms with van der Waals surface area (Å²) in [7, 11) is 0. The molecule has 0 aliphatic carbocycles. The van der Waals surface area contributed by atoms with Gasteiger partial charge in [-0.05, 0) is 41.3 Å². The van der Waals surface area contributed by atoms with E-state index in [2.05, 4.69) is 10.3 Å². The van der Waals surface area contributed by atoms with Gasteiger partial charge < -0.3 is 20.2 Å². The molecule has 3 aromatic carbocycles. The van der Waals surface area contributed by atoms with E-state index in [1.807, 2.05) is 60.5 Å². The summed E-state index contributed by atoms with van der Waals surface area (Å²) in [6, 6.07) is 21.3. The van der Waals surface area contributed by atoms with Crippen molar-refractivity contribution in [2.75, 3.05) is 19.6 Å². The fourth-order valence-electron chi connectivity index (χ4n) is 5.94. The summed E-state index contributed by atoms with van der Waals surface area (Å²) < 4.78 is 1.03. The van der Waals surface area contributed by atoms with Crippen LogP contribution in [0.1, 0.15) is 30.0 Å². The standard InChI is InChI=1S/C32H34N6O4S/c1-2-15-36(32(42)33-17-23-7-4-3-5-8-23)37-20-29(40)38-27(16-22-11-13-25(39)14-12-22)31(41)35(19-28(37)38)18-24-9-6-10-26-30(24)43-21-34-26/h3-14,21,27-28,39H,2,15-20H2,1H3,(H,33,42)/t27-,28+/m0/s1. The predicted molar refractivity (Wildman–Crippen MR) is 164 cm³/mol. The quantitative estimate of drug-likeness (QED) is 0.302. The predicted octanol–water partition coefficient (Wildman–Crippen LogP) is 3.96. The Morgan fingerprint density at radius 1 is 1.05 bits per heavy atom. The van der Waals surface area contributed by atoms with Crippen LogP contribution < -0.4 is 5.32 Å². The number of nitrogens with one attached hydrogen (secondary N) is 1. The largest absolute Gasteiger partial charge is 0.508 e. The number of phenolic OH excluding ortho intramolecular Hbond substituents is 1. The number of benzene rings is 3. The van der Waals surface area contributed by atoms with Crippen LogP contribution in [0.25, 0.3) is 10.2 Å². The molecule has 6 rings (SSSR count). The van der Waals surface area contributed by atoms with Gasteiger partial charge in [0.15, 0.2) is 0 Å². The maximum absolute atomic E-state index is 14.1. The molecule has 0 unspecified atom stereocenters. The maximum Gasteiger partial charge on any atom is 0.332 e. The van der Waals surface area contributed by atoms with Gasteiger partial charge in [0.2, 0.25) is 11.8 Å². The van der Waals surface area contributed by atoms with Crippen molar-refractivity contribution in [1.82, 2.24) is 30.1 Å². The number of phenols is 1. The average Bonchev–Trinajstić information content (AvgIpc) is 3.63. The molecular weight excluding hydrogens is 564 g/mol. The normalized spacial score (nSPS) is 18.7. The molecular formula is C32H34N6O4S. The first-order valence-electron chi connectivity index (χ1n) is 14.5. The van der Waals surface area contributed by atoms with E-state index in [1.54, 1.807) is 44.6 Å². The number of aromatic nitrogens is 1. The van der Waals surface area contributed by atoms with Crippen LogP contribution >= 0.6 is 11.3 Å². The molecule has 4 aromatic rings. The highest BCUT2D eigenvalue weighted by Crippen LogP contribution is 2.32. The molecule has 0 bridgehead atoms. The second-order valence-corrected chi connectivity index (χ2v) is 11.7. The first-order valence-corrected chi connectivity index (χ1v) is 15.4. The van der Waals surface area contributed by atoms with E-state index < -0.39 is 12.2 Å². The van der Waals surface area contributed by atoms with Crippen molar-refractivity contribution < 1.29 is 19.5 Å². The molecule has 0 saturated carbocycles. The van der Waals surface area contributed by atoms with Gasteiger partial charge in [-0.25, -0.2) is 9.78 Å². The van der Waals surface area contributed by atoms with Gasteiger partial charge in [-0.15, -0.1) is 11.3 Å². The number of nitrogens with zero attached hydrogens (tertiary/aromatic N) is 5. The first-order chi connectivity index (χ1) is 20.9. The number of rotatable bonds is 9. The number of amides is 4. The van der Waals surface area contributed by atoms with Crippen molar-refractivity contribution in [2.45, 2.75) is 45.1 Å². The molecule has 4 amide bonds. The Morgan fingerprint density at radius 2 is 1.84 bits per heavy atom. The summed E-state index contributed by atoms with van der Waals surface area (Å²) in [4.78, 5) is 49.2. The Balaban J connectivity index is 1.31. The Hall–Kier alpha value is -4.48. The van der Waals surface area contributed by atoms with E-state index in [4.69, 9.17) is 0 Å². The van der Waals surface area contributed by atoms with Crippen LogP contribution in [0.2, 0.25) is 0 Å². The van der Waals surface area contributed by atoms with Gasteiger partial charge in [0, 0.05) is 26.1 Å². The number of hydrazine groups is 1. The summed E-state index contributed by atoms with van der Waals surface area (Å²) in [6.07, 6.45) is 0.482. The minimum absolute atomic E-state index is 0.00104. The summed E-state index contributed by atoms with van der Waals surface area (Å²) in [5, 5.41) is 16.3. The lowest BCUT2D eigenvalue weighted by Crippen LogP contribution is -2.66. The second-order valence-electron chi connectivity index (χ2n) is 10.9. The number of hydrogen-bond acceptors (Lipinski definition) is 7. The Kier molecular flexibility index (Phi) is 8.26. The van der Waals surface area contributed by atoms with Gasteiger partial charge in [0.25, 0.3) is 0 Å². The Labute approximate surface area is 254 Å². The van der Waals surface area contributed by atoms with Crippen molar-refractivity contribution in [2.24, 2.45) is 0 Å². The molecule has 2 atom stereocenters. The van der Waals surface area contributed by atoms with Crippen LogP contribution in [-0.2, 0) is 29.1 Å². The number of fused-ring (bicyclic) bond motifs is 2. The molecule has 11 heteroatoms. The lowest BCUT2D eigenvalue weighted by atomic mass is 10.00. The van der Waals surface area contributed by atoms with Crippen LogP contribution in [0, 0.1) is 0 Å². The third-order valence-electron chi connectivity index (χ3n) is 8.00. The number of piperazine rings is 1. The molecule has 3 heterocycles. The van der Waals surface area contributed by atoms with E-state index in [9.17, 15) is 19.5 Å². The van der Waals surface area contributed by atoms with E-state index in [0.29, 0.717) is 32.5 Å². The van der Waals surface area contributed by atoms with E-state index in [-0.39, 0.29) is 36.7 Å². The van der Waals surface area contributed by atoms with Crippen LogP contribution in [0.5, 0.6) is 5.75 Å². The highest BCUT2D eigenvalue weighted by Gasteiger charge is 2.52. The van der Waals surface area contributed by atoms with Gasteiger partial charge in [-0.1, -0.05) is 61.5 Å². The van der Waals surface area contributed by atoms with Crippen molar-refractivity contribution in [1.29, 1.82) is 0 Å². The van der Waals surface area contributed by atoms with Gasteiger partial charge in [-0.3, -0.25) is 14.6 Å². The van der Waals surface area contributed by atoms with Crippen molar-refractivity contribution in [3.8, 4) is 5.75 Å². The van der Waals surface area contributed by atoms with Crippen molar-refractivity contribution in [3.05, 3.63) is 95.0 Å². The topological polar surface area (TPSA) is 109 Å². The minimum Gasteiger partial charge on any atom is -0.508 e. The zero-order valence-electron chi connectivity index (χ0n) is 23.9. The summed E-state index contributed by atoms with van der Waals surface area (Å²) in [6.45, 7) is 3.41. The van der Waals surface area contributed by atoms with E-state index in [0.717, 1.165) is 26.9 Å². The SMILES string of the molecule is CCCN(C(=O)NCc1ccccc1)N1CC(=O)N2[C@@H](Cc3ccc(O)cc3)C(=O)N(Cc3cccc4ncsc34)C[C@@H]21. The fraction of sp³-hybridized carbons (Fsp3) is 0.312. The summed E-state index contributed by atoms with van der Waals surface area (Å²) in [5.74, 6) is -0.198. The monoisotopic (exact) mass is 598 g/mol. The molecule has 43 heavy (non-hydrogen) atoms. The van der Waals surface area contributed by atoms with Gasteiger partial charge in [0.05, 0.1) is 28.8 Å². The van der Waals surface area contributed by atoms with Gasteiger partial charge in [-0.2, -0.15) is 5.01 Å². The number of hydrogen-bond donors (Lipinski definition) is 2. The molecule has 2 fully saturated rings. The van der Waals surface area contributed by atoms with Crippen LogP contribution in [-0.4, -0.2) is 79.6 Å². The van der Waals surface area contributed by atoms with Crippen LogP contribution in [0.3, 0.4) is 0 Å². The Morgan fingerprint density at radius 3 is 2.60 bits per heavy atom. The summed E-state index contributed by atoms with van der Waals surface area (Å²) >= 11 is 1.54. The molecule has 10 nitrogen and oxygen atoms in total. The molecule has 0 spiro atoms. The zero-order chi connectivity index (χ0) is 29.9. The lowest BCUT2D eigenvalue weighted by molar-refractivity contribution is -0.157. The molecule has 2 saturated heterocycles. The second kappa shape index (κ2) is 12.4. The lowest BCUT2D eigenvalue weighted by Gasteiger charge is -2.46. The van der Waals surface area contributed by atoms with Crippen LogP contribution in [0.15, 0.2) is 78.3 Å². The number of aromatic hydroxyl groups is 1. The third kappa shape index (κ3) is 5.91. The van der Waals surface area contributed by atoms with Crippen LogP contribution in [0.4, 0.5) is 4.79 Å². The van der Waals surface area contributed by atoms with Crippen molar-refractivity contribution >= 4 is 39.4 Å². The molecule has 0 radical (unpaired) electrons. The van der Waals surface area contributed by atoms with E-state index >= 15 is 0 Å². The van der Waals surface area contributed by atoms with Crippen molar-refractivity contribution in [3.63, 3.8) is 0 Å².